The zero-order valence-electron chi connectivity index (χ0n) is 7.42. The molecule has 1 aromatic heterocycles. The Bertz CT molecular complexity index is 213. The number of hydrogen-bond acceptors (Lipinski definition) is 2. The van der Waals surface area contributed by atoms with E-state index in [1.54, 1.807) is 11.5 Å². The van der Waals surface area contributed by atoms with Gasteiger partial charge in [-0.25, -0.2) is 0 Å². The predicted molar refractivity (Wildman–Crippen MR) is 50.2 cm³/mol. The van der Waals surface area contributed by atoms with Crippen molar-refractivity contribution in [1.82, 2.24) is 4.37 Å². The summed E-state index contributed by atoms with van der Waals surface area (Å²) in [4.78, 5) is 1.33. The van der Waals surface area contributed by atoms with E-state index in [1.165, 1.54) is 23.4 Å². The van der Waals surface area contributed by atoms with Gasteiger partial charge in [-0.05, 0) is 37.4 Å². The molecule has 0 saturated carbocycles. The van der Waals surface area contributed by atoms with E-state index in [0.29, 0.717) is 5.92 Å². The molecular formula is C9H15NS. The molecule has 0 aliphatic heterocycles. The highest BCUT2D eigenvalue weighted by molar-refractivity contribution is 7.05. The molecule has 0 unspecified atom stereocenters. The van der Waals surface area contributed by atoms with Crippen molar-refractivity contribution in [2.24, 2.45) is 0 Å². The number of aryl methyl sites for hydroxylation is 1. The highest BCUT2D eigenvalue weighted by Crippen LogP contribution is 2.23. The van der Waals surface area contributed by atoms with E-state index in [2.05, 4.69) is 31.2 Å². The molecule has 0 saturated heterocycles. The molecule has 1 heterocycles. The Labute approximate surface area is 72.6 Å². The van der Waals surface area contributed by atoms with Gasteiger partial charge in [0.15, 0.2) is 0 Å². The van der Waals surface area contributed by atoms with Crippen molar-refractivity contribution in [2.75, 3.05) is 0 Å². The van der Waals surface area contributed by atoms with Gasteiger partial charge in [0.05, 0.1) is 5.69 Å². The summed E-state index contributed by atoms with van der Waals surface area (Å²) in [7, 11) is 0. The van der Waals surface area contributed by atoms with E-state index in [1.807, 2.05) is 0 Å². The summed E-state index contributed by atoms with van der Waals surface area (Å²) in [6, 6.07) is 2.21. The maximum atomic E-state index is 4.40. The first kappa shape index (κ1) is 8.72. The summed E-state index contributed by atoms with van der Waals surface area (Å²) >= 11 is 1.61. The van der Waals surface area contributed by atoms with Crippen LogP contribution in [-0.4, -0.2) is 4.37 Å². The summed E-state index contributed by atoms with van der Waals surface area (Å²) in [5.74, 6) is 0.681. The molecule has 0 aliphatic rings. The van der Waals surface area contributed by atoms with Crippen molar-refractivity contribution in [1.29, 1.82) is 0 Å². The van der Waals surface area contributed by atoms with Gasteiger partial charge in [-0.2, -0.15) is 4.37 Å². The smallest absolute Gasteiger partial charge is 0.0575 e. The molecule has 2 heteroatoms. The van der Waals surface area contributed by atoms with Crippen LogP contribution in [0, 0.1) is 6.92 Å². The van der Waals surface area contributed by atoms with Gasteiger partial charge < -0.3 is 0 Å². The summed E-state index contributed by atoms with van der Waals surface area (Å²) in [5, 5.41) is 0. The van der Waals surface area contributed by atoms with E-state index < -0.39 is 0 Å². The van der Waals surface area contributed by atoms with Crippen LogP contribution in [0.4, 0.5) is 0 Å². The number of rotatable bonds is 3. The van der Waals surface area contributed by atoms with E-state index >= 15 is 0 Å². The van der Waals surface area contributed by atoms with E-state index in [9.17, 15) is 0 Å². The maximum absolute atomic E-state index is 4.40. The molecule has 0 aliphatic carbocycles. The molecule has 0 atom stereocenters. The molecule has 0 aromatic carbocycles. The molecule has 62 valence electrons. The van der Waals surface area contributed by atoms with Crippen LogP contribution in [0.25, 0.3) is 0 Å². The van der Waals surface area contributed by atoms with Crippen molar-refractivity contribution >= 4 is 11.5 Å². The lowest BCUT2D eigenvalue weighted by molar-refractivity contribution is 0.629. The minimum atomic E-state index is 0.681. The molecule has 0 amide bonds. The second kappa shape index (κ2) is 3.86. The fourth-order valence-electron chi connectivity index (χ4n) is 1.28. The molecule has 11 heavy (non-hydrogen) atoms. The van der Waals surface area contributed by atoms with Crippen molar-refractivity contribution in [3.8, 4) is 0 Å². The zero-order valence-corrected chi connectivity index (χ0v) is 8.24. The van der Waals surface area contributed by atoms with Crippen LogP contribution in [0.15, 0.2) is 6.07 Å². The van der Waals surface area contributed by atoms with Gasteiger partial charge in [0.1, 0.15) is 0 Å². The van der Waals surface area contributed by atoms with Gasteiger partial charge in [-0.3, -0.25) is 0 Å². The molecule has 1 nitrogen and oxygen atoms in total. The summed E-state index contributed by atoms with van der Waals surface area (Å²) in [5.41, 5.74) is 1.29. The third kappa shape index (κ3) is 2.03. The normalized spacial score (nSPS) is 10.9. The fourth-order valence-corrected chi connectivity index (χ4v) is 1.91. The molecule has 0 bridgehead atoms. The monoisotopic (exact) mass is 169 g/mol. The van der Waals surface area contributed by atoms with Crippen LogP contribution in [0.2, 0.25) is 0 Å². The van der Waals surface area contributed by atoms with Crippen LogP contribution in [-0.2, 0) is 0 Å². The van der Waals surface area contributed by atoms with Gasteiger partial charge in [0, 0.05) is 10.8 Å². The SMILES string of the molecule is CCC(CC)c1cc(C)sn1. The first-order chi connectivity index (χ1) is 5.27. The largest absolute Gasteiger partial charge is 0.197 e. The van der Waals surface area contributed by atoms with Crippen LogP contribution in [0.1, 0.15) is 43.2 Å². The second-order valence-corrected chi connectivity index (χ2v) is 3.88. The molecule has 0 N–H and O–H groups in total. The van der Waals surface area contributed by atoms with Gasteiger partial charge >= 0.3 is 0 Å². The Hall–Kier alpha value is -0.370. The highest BCUT2D eigenvalue weighted by Gasteiger charge is 2.09. The topological polar surface area (TPSA) is 12.9 Å². The Morgan fingerprint density at radius 2 is 2.09 bits per heavy atom. The number of hydrogen-bond donors (Lipinski definition) is 0. The van der Waals surface area contributed by atoms with E-state index in [4.69, 9.17) is 0 Å². The maximum Gasteiger partial charge on any atom is 0.0575 e. The molecular weight excluding hydrogens is 154 g/mol. The summed E-state index contributed by atoms with van der Waals surface area (Å²) in [6.45, 7) is 6.56. The third-order valence-electron chi connectivity index (χ3n) is 2.05. The average molecular weight is 169 g/mol. The van der Waals surface area contributed by atoms with Gasteiger partial charge in [0.2, 0.25) is 0 Å². The van der Waals surface area contributed by atoms with Crippen LogP contribution in [0.5, 0.6) is 0 Å². The Balaban J connectivity index is 2.73. The Morgan fingerprint density at radius 3 is 2.45 bits per heavy atom. The lowest BCUT2D eigenvalue weighted by atomic mass is 10.00. The average Bonchev–Trinajstić information content (AvgIpc) is 2.39. The summed E-state index contributed by atoms with van der Waals surface area (Å²) < 4.78 is 4.40. The molecule has 0 radical (unpaired) electrons. The van der Waals surface area contributed by atoms with Gasteiger partial charge in [-0.1, -0.05) is 13.8 Å². The minimum Gasteiger partial charge on any atom is -0.197 e. The first-order valence-electron chi connectivity index (χ1n) is 4.21. The standard InChI is InChI=1S/C9H15NS/c1-4-8(5-2)9-6-7(3)11-10-9/h6,8H,4-5H2,1-3H3. The minimum absolute atomic E-state index is 0.681. The molecule has 1 aromatic rings. The lowest BCUT2D eigenvalue weighted by Gasteiger charge is -2.06. The van der Waals surface area contributed by atoms with Crippen molar-refractivity contribution in [3.05, 3.63) is 16.6 Å². The molecule has 0 fully saturated rings. The quantitative estimate of drug-likeness (QED) is 0.676. The third-order valence-corrected chi connectivity index (χ3v) is 2.76. The Morgan fingerprint density at radius 1 is 1.45 bits per heavy atom. The molecule has 1 rings (SSSR count). The van der Waals surface area contributed by atoms with Crippen molar-refractivity contribution in [2.45, 2.75) is 39.5 Å². The Kier molecular flexibility index (Phi) is 3.06. The van der Waals surface area contributed by atoms with Crippen molar-refractivity contribution in [3.63, 3.8) is 0 Å². The number of nitrogens with zero attached hydrogens (tertiary/aromatic N) is 1. The van der Waals surface area contributed by atoms with Crippen LogP contribution >= 0.6 is 11.5 Å². The van der Waals surface area contributed by atoms with Crippen LogP contribution < -0.4 is 0 Å². The van der Waals surface area contributed by atoms with Gasteiger partial charge in [0.25, 0.3) is 0 Å². The van der Waals surface area contributed by atoms with Crippen molar-refractivity contribution < 1.29 is 0 Å². The predicted octanol–water partition coefficient (Wildman–Crippen LogP) is 3.36. The van der Waals surface area contributed by atoms with E-state index in [0.717, 1.165) is 0 Å². The second-order valence-electron chi connectivity index (χ2n) is 2.88. The first-order valence-corrected chi connectivity index (χ1v) is 4.98. The van der Waals surface area contributed by atoms with Crippen LogP contribution in [0.3, 0.4) is 0 Å². The number of aromatic nitrogens is 1. The fraction of sp³-hybridized carbons (Fsp3) is 0.667. The highest BCUT2D eigenvalue weighted by atomic mass is 32.1. The van der Waals surface area contributed by atoms with Gasteiger partial charge in [-0.15, -0.1) is 0 Å². The molecule has 0 spiro atoms. The zero-order chi connectivity index (χ0) is 8.27. The summed E-state index contributed by atoms with van der Waals surface area (Å²) in [6.07, 6.45) is 2.42. The van der Waals surface area contributed by atoms with E-state index in [-0.39, 0.29) is 0 Å². The lowest BCUT2D eigenvalue weighted by Crippen LogP contribution is -1.94.